The lowest BCUT2D eigenvalue weighted by Gasteiger charge is -2.46. The molecule has 0 aliphatic carbocycles. The van der Waals surface area contributed by atoms with Gasteiger partial charge in [-0.25, -0.2) is 13.2 Å². The molecule has 1 heterocycles. The first-order chi connectivity index (χ1) is 15.1. The quantitative estimate of drug-likeness (QED) is 0.575. The van der Waals surface area contributed by atoms with Crippen LogP contribution in [0.5, 0.6) is 0 Å². The Kier molecular flexibility index (Phi) is 8.69. The second-order valence-electron chi connectivity index (χ2n) is 8.30. The van der Waals surface area contributed by atoms with Gasteiger partial charge >= 0.3 is 0 Å². The van der Waals surface area contributed by atoms with Gasteiger partial charge < -0.3 is 20.6 Å². The maximum Gasteiger partial charge on any atom is 0.256 e. The van der Waals surface area contributed by atoms with Crippen molar-refractivity contribution in [2.45, 2.75) is 40.2 Å². The van der Waals surface area contributed by atoms with Gasteiger partial charge in [-0.1, -0.05) is 33.8 Å². The number of β-amino-alcohol motifs (C(OH)–C–C–N with tert-alkyl or cyclic N) is 1. The van der Waals surface area contributed by atoms with Crippen LogP contribution < -0.4 is 10.6 Å². The molecule has 3 rings (SSSR count). The van der Waals surface area contributed by atoms with Crippen LogP contribution >= 0.6 is 0 Å². The Morgan fingerprint density at radius 1 is 1.12 bits per heavy atom. The van der Waals surface area contributed by atoms with Gasteiger partial charge in [0, 0.05) is 6.54 Å². The summed E-state index contributed by atoms with van der Waals surface area (Å²) in [6.07, 6.45) is 0. The van der Waals surface area contributed by atoms with E-state index in [-0.39, 0.29) is 24.3 Å². The van der Waals surface area contributed by atoms with E-state index in [2.05, 4.69) is 10.6 Å². The van der Waals surface area contributed by atoms with Gasteiger partial charge in [0.25, 0.3) is 5.91 Å². The molecule has 32 heavy (non-hydrogen) atoms. The minimum atomic E-state index is -1.27. The van der Waals surface area contributed by atoms with E-state index in [1.165, 1.54) is 17.0 Å². The molecule has 3 N–H and O–H groups in total. The van der Waals surface area contributed by atoms with Crippen molar-refractivity contribution >= 4 is 17.3 Å². The molecule has 0 atom stereocenters. The number of nitrogens with zero attached hydrogens (tertiary/aromatic N) is 1. The molecule has 176 valence electrons. The lowest BCUT2D eigenvalue weighted by atomic mass is 9.92. The SMILES string of the molecule is CC.Cc1ccc(Nc2c(C(=O)N3CC(O)(CNCC(C)C)C3)ccc(F)c2F)c(F)c1. The third-order valence-corrected chi connectivity index (χ3v) is 4.97. The predicted octanol–water partition coefficient (Wildman–Crippen LogP) is 4.61. The standard InChI is InChI=1S/C22H26F3N3O2.C2H6/c1-13(2)9-26-10-22(30)11-28(12-22)21(29)15-5-6-16(23)19(25)20(15)27-18-7-4-14(3)8-17(18)24;1-2/h4-8,13,26-27,30H,9-12H2,1-3H3;1-2H3. The predicted molar refractivity (Wildman–Crippen MR) is 121 cm³/mol. The normalized spacial score (nSPS) is 14.5. The van der Waals surface area contributed by atoms with Crippen LogP contribution in [0.15, 0.2) is 30.3 Å². The van der Waals surface area contributed by atoms with E-state index in [1.54, 1.807) is 13.0 Å². The zero-order chi connectivity index (χ0) is 24.1. The van der Waals surface area contributed by atoms with Gasteiger partial charge in [0.15, 0.2) is 11.6 Å². The van der Waals surface area contributed by atoms with E-state index < -0.39 is 34.6 Å². The molecule has 1 aliphatic rings. The number of likely N-dealkylation sites (tertiary alicyclic amines) is 1. The Morgan fingerprint density at radius 2 is 1.78 bits per heavy atom. The van der Waals surface area contributed by atoms with Crippen molar-refractivity contribution in [1.82, 2.24) is 10.2 Å². The number of nitrogens with one attached hydrogen (secondary N) is 2. The third-order valence-electron chi connectivity index (χ3n) is 4.97. The number of benzene rings is 2. The fraction of sp³-hybridized carbons (Fsp3) is 0.458. The first-order valence-corrected chi connectivity index (χ1v) is 10.8. The van der Waals surface area contributed by atoms with E-state index in [0.29, 0.717) is 18.0 Å². The van der Waals surface area contributed by atoms with Crippen LogP contribution in [-0.4, -0.2) is 47.7 Å². The highest BCUT2D eigenvalue weighted by atomic mass is 19.2. The molecule has 0 radical (unpaired) electrons. The molecule has 8 heteroatoms. The van der Waals surface area contributed by atoms with E-state index >= 15 is 0 Å². The summed E-state index contributed by atoms with van der Waals surface area (Å²) in [5.41, 5.74) is -1.04. The zero-order valence-corrected chi connectivity index (χ0v) is 19.2. The molecule has 0 spiro atoms. The second kappa shape index (κ2) is 10.8. The Bertz CT molecular complexity index is 944. The number of hydrogen-bond acceptors (Lipinski definition) is 4. The van der Waals surface area contributed by atoms with Gasteiger partial charge in [0.2, 0.25) is 0 Å². The van der Waals surface area contributed by atoms with Crippen LogP contribution in [0.3, 0.4) is 0 Å². The van der Waals surface area contributed by atoms with Gasteiger partial charge in [-0.15, -0.1) is 0 Å². The summed E-state index contributed by atoms with van der Waals surface area (Å²) in [5, 5.41) is 16.2. The summed E-state index contributed by atoms with van der Waals surface area (Å²) < 4.78 is 42.5. The van der Waals surface area contributed by atoms with Crippen LogP contribution in [0.25, 0.3) is 0 Å². The van der Waals surface area contributed by atoms with Crippen LogP contribution in [0.4, 0.5) is 24.5 Å². The molecule has 1 fully saturated rings. The fourth-order valence-corrected chi connectivity index (χ4v) is 3.39. The topological polar surface area (TPSA) is 64.6 Å². The number of carbonyl (C=O) groups is 1. The lowest BCUT2D eigenvalue weighted by Crippen LogP contribution is -2.67. The smallest absolute Gasteiger partial charge is 0.256 e. The summed E-state index contributed by atoms with van der Waals surface area (Å²) in [6.45, 7) is 11.0. The van der Waals surface area contributed by atoms with Gasteiger partial charge in [-0.2, -0.15) is 0 Å². The zero-order valence-electron chi connectivity index (χ0n) is 19.2. The van der Waals surface area contributed by atoms with Crippen LogP contribution in [0, 0.1) is 30.3 Å². The van der Waals surface area contributed by atoms with Crippen molar-refractivity contribution < 1.29 is 23.1 Å². The van der Waals surface area contributed by atoms with E-state index in [4.69, 9.17) is 0 Å². The third kappa shape index (κ3) is 6.01. The van der Waals surface area contributed by atoms with Crippen LogP contribution in [0.2, 0.25) is 0 Å². The lowest BCUT2D eigenvalue weighted by molar-refractivity contribution is -0.0786. The molecule has 0 bridgehead atoms. The molecule has 1 amide bonds. The molecule has 2 aromatic rings. The summed E-state index contributed by atoms with van der Waals surface area (Å²) in [6, 6.07) is 6.27. The van der Waals surface area contributed by atoms with E-state index in [9.17, 15) is 23.1 Å². The molecular weight excluding hydrogens is 419 g/mol. The maximum absolute atomic E-state index is 14.5. The summed E-state index contributed by atoms with van der Waals surface area (Å²) >= 11 is 0. The number of anilines is 2. The Balaban J connectivity index is 0.00000176. The van der Waals surface area contributed by atoms with Gasteiger partial charge in [0.1, 0.15) is 11.4 Å². The van der Waals surface area contributed by atoms with Crippen LogP contribution in [-0.2, 0) is 0 Å². The Labute approximate surface area is 187 Å². The highest BCUT2D eigenvalue weighted by Gasteiger charge is 2.44. The molecule has 2 aromatic carbocycles. The fourth-order valence-electron chi connectivity index (χ4n) is 3.39. The first kappa shape index (κ1) is 25.7. The molecule has 1 aliphatic heterocycles. The Hall–Kier alpha value is -2.58. The van der Waals surface area contributed by atoms with E-state index in [0.717, 1.165) is 18.7 Å². The van der Waals surface area contributed by atoms with Crippen LogP contribution in [0.1, 0.15) is 43.6 Å². The summed E-state index contributed by atoms with van der Waals surface area (Å²) in [5.74, 6) is -3.22. The number of aryl methyl sites for hydroxylation is 1. The Morgan fingerprint density at radius 3 is 2.38 bits per heavy atom. The van der Waals surface area contributed by atoms with Crippen molar-refractivity contribution in [1.29, 1.82) is 0 Å². The largest absolute Gasteiger partial charge is 0.385 e. The first-order valence-electron chi connectivity index (χ1n) is 10.8. The molecular formula is C24H32F3N3O2. The van der Waals surface area contributed by atoms with Crippen molar-refractivity contribution in [3.63, 3.8) is 0 Å². The number of rotatable bonds is 7. The van der Waals surface area contributed by atoms with Gasteiger partial charge in [-0.05, 0) is 49.2 Å². The molecule has 5 nitrogen and oxygen atoms in total. The number of carbonyl (C=O) groups excluding carboxylic acids is 1. The maximum atomic E-state index is 14.5. The average Bonchev–Trinajstić information content (AvgIpc) is 2.72. The number of aliphatic hydroxyl groups is 1. The summed E-state index contributed by atoms with van der Waals surface area (Å²) in [7, 11) is 0. The number of halogens is 3. The van der Waals surface area contributed by atoms with E-state index in [1.807, 2.05) is 27.7 Å². The molecule has 0 unspecified atom stereocenters. The van der Waals surface area contributed by atoms with Crippen molar-refractivity contribution in [2.75, 3.05) is 31.5 Å². The van der Waals surface area contributed by atoms with Crippen molar-refractivity contribution in [3.05, 3.63) is 58.9 Å². The minimum Gasteiger partial charge on any atom is -0.385 e. The number of hydrogen-bond donors (Lipinski definition) is 3. The van der Waals surface area contributed by atoms with Gasteiger partial charge in [-0.3, -0.25) is 4.79 Å². The highest BCUT2D eigenvalue weighted by molar-refractivity contribution is 6.01. The molecule has 0 saturated carbocycles. The van der Waals surface area contributed by atoms with Crippen molar-refractivity contribution in [2.24, 2.45) is 5.92 Å². The minimum absolute atomic E-state index is 0.0637. The summed E-state index contributed by atoms with van der Waals surface area (Å²) in [4.78, 5) is 14.2. The monoisotopic (exact) mass is 451 g/mol. The number of amides is 1. The molecule has 1 saturated heterocycles. The average molecular weight is 452 g/mol. The van der Waals surface area contributed by atoms with Crippen molar-refractivity contribution in [3.8, 4) is 0 Å². The highest BCUT2D eigenvalue weighted by Crippen LogP contribution is 2.31. The second-order valence-corrected chi connectivity index (χ2v) is 8.30. The molecule has 0 aromatic heterocycles. The van der Waals surface area contributed by atoms with Gasteiger partial charge in [0.05, 0.1) is 30.0 Å².